The Hall–Kier alpha value is -0.0800. The fourth-order valence-electron chi connectivity index (χ4n) is 3.42. The fraction of sp³-hybridized carbons (Fsp3) is 1.00. The lowest BCUT2D eigenvalue weighted by Gasteiger charge is -2.40. The van der Waals surface area contributed by atoms with Crippen LogP contribution in [0.5, 0.6) is 0 Å². The molecule has 0 spiro atoms. The Morgan fingerprint density at radius 2 is 1.83 bits per heavy atom. The monoisotopic (exact) mass is 255 g/mol. The summed E-state index contributed by atoms with van der Waals surface area (Å²) in [4.78, 5) is 0. The molecule has 2 nitrogen and oxygen atoms in total. The van der Waals surface area contributed by atoms with Gasteiger partial charge in [-0.05, 0) is 42.9 Å². The Kier molecular flexibility index (Phi) is 6.65. The van der Waals surface area contributed by atoms with Gasteiger partial charge in [-0.2, -0.15) is 0 Å². The molecule has 0 aromatic carbocycles. The van der Waals surface area contributed by atoms with E-state index >= 15 is 0 Å². The van der Waals surface area contributed by atoms with Gasteiger partial charge in [-0.3, -0.25) is 0 Å². The first kappa shape index (κ1) is 16.0. The molecule has 2 heteroatoms. The molecule has 0 aliphatic heterocycles. The van der Waals surface area contributed by atoms with Crippen molar-refractivity contribution in [1.29, 1.82) is 0 Å². The number of aliphatic hydroxyl groups is 1. The Labute approximate surface area is 114 Å². The Morgan fingerprint density at radius 1 is 1.17 bits per heavy atom. The van der Waals surface area contributed by atoms with Gasteiger partial charge in [0, 0.05) is 18.7 Å². The molecule has 1 aliphatic carbocycles. The van der Waals surface area contributed by atoms with Crippen LogP contribution in [0.1, 0.15) is 60.3 Å². The highest BCUT2D eigenvalue weighted by Gasteiger charge is 2.32. The van der Waals surface area contributed by atoms with E-state index in [1.165, 1.54) is 19.3 Å². The summed E-state index contributed by atoms with van der Waals surface area (Å²) in [6.45, 7) is 11.9. The van der Waals surface area contributed by atoms with Gasteiger partial charge in [0.1, 0.15) is 0 Å². The van der Waals surface area contributed by atoms with Crippen molar-refractivity contribution in [3.63, 3.8) is 0 Å². The van der Waals surface area contributed by atoms with E-state index in [-0.39, 0.29) is 0 Å². The predicted octanol–water partition coefficient (Wildman–Crippen LogP) is 3.44. The predicted molar refractivity (Wildman–Crippen MR) is 78.6 cm³/mol. The molecular formula is C16H33NO. The maximum absolute atomic E-state index is 9.20. The molecule has 18 heavy (non-hydrogen) atoms. The van der Waals surface area contributed by atoms with Crippen LogP contribution in [0, 0.1) is 23.7 Å². The molecular weight excluding hydrogens is 222 g/mol. The normalized spacial score (nSPS) is 31.0. The Bertz CT molecular complexity index is 227. The van der Waals surface area contributed by atoms with Crippen molar-refractivity contribution in [2.75, 3.05) is 6.61 Å². The summed E-state index contributed by atoms with van der Waals surface area (Å²) in [6.07, 6.45) is 4.93. The van der Waals surface area contributed by atoms with Gasteiger partial charge in [-0.15, -0.1) is 0 Å². The Balaban J connectivity index is 2.63. The van der Waals surface area contributed by atoms with Gasteiger partial charge in [-0.1, -0.05) is 41.0 Å². The average Bonchev–Trinajstić information content (AvgIpc) is 2.28. The molecule has 1 aliphatic rings. The lowest BCUT2D eigenvalue weighted by atomic mass is 9.73. The van der Waals surface area contributed by atoms with Crippen LogP contribution in [0.15, 0.2) is 0 Å². The van der Waals surface area contributed by atoms with E-state index in [1.54, 1.807) is 0 Å². The van der Waals surface area contributed by atoms with Crippen LogP contribution >= 0.6 is 0 Å². The molecule has 0 saturated heterocycles. The van der Waals surface area contributed by atoms with E-state index in [0.717, 1.165) is 24.2 Å². The van der Waals surface area contributed by atoms with Crippen LogP contribution in [0.4, 0.5) is 0 Å². The van der Waals surface area contributed by atoms with Crippen LogP contribution in [0.25, 0.3) is 0 Å². The summed E-state index contributed by atoms with van der Waals surface area (Å²) in [5, 5.41) is 13.1. The van der Waals surface area contributed by atoms with Crippen molar-refractivity contribution in [3.8, 4) is 0 Å². The van der Waals surface area contributed by atoms with Crippen molar-refractivity contribution in [1.82, 2.24) is 5.32 Å². The van der Waals surface area contributed by atoms with Crippen LogP contribution in [-0.4, -0.2) is 23.8 Å². The largest absolute Gasteiger partial charge is 0.396 e. The first-order valence-corrected chi connectivity index (χ1v) is 7.82. The molecule has 0 bridgehead atoms. The van der Waals surface area contributed by atoms with E-state index in [1.807, 2.05) is 0 Å². The second-order valence-electron chi connectivity index (χ2n) is 6.96. The maximum atomic E-state index is 9.20. The summed E-state index contributed by atoms with van der Waals surface area (Å²) in [7, 11) is 0. The second-order valence-corrected chi connectivity index (χ2v) is 6.96. The smallest absolute Gasteiger partial charge is 0.0445 e. The summed E-state index contributed by atoms with van der Waals surface area (Å²) in [6, 6.07) is 1.11. The number of rotatable bonds is 6. The minimum atomic E-state index is 0.296. The highest BCUT2D eigenvalue weighted by Crippen LogP contribution is 2.34. The van der Waals surface area contributed by atoms with Crippen molar-refractivity contribution in [3.05, 3.63) is 0 Å². The fourth-order valence-corrected chi connectivity index (χ4v) is 3.42. The SMILES string of the molecule is CC1CCC(C(C)C)C(NC(CCO)C(C)C)C1. The molecule has 0 amide bonds. The zero-order valence-corrected chi connectivity index (χ0v) is 12.9. The standard InChI is InChI=1S/C16H33NO/c1-11(2)14-7-6-13(5)10-16(14)17-15(8-9-18)12(3)4/h11-18H,6-10H2,1-5H3. The summed E-state index contributed by atoms with van der Waals surface area (Å²) in [5.41, 5.74) is 0. The van der Waals surface area contributed by atoms with Gasteiger partial charge < -0.3 is 10.4 Å². The zero-order chi connectivity index (χ0) is 13.7. The molecule has 1 fully saturated rings. The molecule has 0 aromatic heterocycles. The van der Waals surface area contributed by atoms with Crippen LogP contribution in [0.3, 0.4) is 0 Å². The van der Waals surface area contributed by atoms with Crippen LogP contribution in [0.2, 0.25) is 0 Å². The third kappa shape index (κ3) is 4.55. The van der Waals surface area contributed by atoms with Gasteiger partial charge in [0.15, 0.2) is 0 Å². The molecule has 1 rings (SSSR count). The topological polar surface area (TPSA) is 32.3 Å². The first-order chi connectivity index (χ1) is 8.45. The van der Waals surface area contributed by atoms with E-state index in [0.29, 0.717) is 24.6 Å². The van der Waals surface area contributed by atoms with Gasteiger partial charge in [0.25, 0.3) is 0 Å². The number of aliphatic hydroxyl groups excluding tert-OH is 1. The number of hydrogen-bond acceptors (Lipinski definition) is 2. The van der Waals surface area contributed by atoms with Crippen molar-refractivity contribution >= 4 is 0 Å². The maximum Gasteiger partial charge on any atom is 0.0445 e. The van der Waals surface area contributed by atoms with Gasteiger partial charge in [-0.25, -0.2) is 0 Å². The highest BCUT2D eigenvalue weighted by atomic mass is 16.3. The zero-order valence-electron chi connectivity index (χ0n) is 12.9. The lowest BCUT2D eigenvalue weighted by Crippen LogP contribution is -2.49. The van der Waals surface area contributed by atoms with Gasteiger partial charge in [0.05, 0.1) is 0 Å². The third-order valence-corrected chi connectivity index (χ3v) is 4.70. The summed E-state index contributed by atoms with van der Waals surface area (Å²) < 4.78 is 0. The number of nitrogens with one attached hydrogen (secondary N) is 1. The molecule has 2 N–H and O–H groups in total. The lowest BCUT2D eigenvalue weighted by molar-refractivity contribution is 0.140. The van der Waals surface area contributed by atoms with Gasteiger partial charge in [0.2, 0.25) is 0 Å². The van der Waals surface area contributed by atoms with E-state index < -0.39 is 0 Å². The van der Waals surface area contributed by atoms with Crippen LogP contribution < -0.4 is 5.32 Å². The van der Waals surface area contributed by atoms with Crippen molar-refractivity contribution in [2.45, 2.75) is 72.4 Å². The number of hydrogen-bond donors (Lipinski definition) is 2. The molecule has 4 unspecified atom stereocenters. The van der Waals surface area contributed by atoms with E-state index in [4.69, 9.17) is 0 Å². The minimum absolute atomic E-state index is 0.296. The molecule has 0 aromatic rings. The van der Waals surface area contributed by atoms with E-state index in [9.17, 15) is 5.11 Å². The molecule has 4 atom stereocenters. The Morgan fingerprint density at radius 3 is 2.33 bits per heavy atom. The molecule has 0 radical (unpaired) electrons. The van der Waals surface area contributed by atoms with Crippen molar-refractivity contribution < 1.29 is 5.11 Å². The minimum Gasteiger partial charge on any atom is -0.396 e. The second kappa shape index (κ2) is 7.49. The molecule has 1 saturated carbocycles. The van der Waals surface area contributed by atoms with Gasteiger partial charge >= 0.3 is 0 Å². The highest BCUT2D eigenvalue weighted by molar-refractivity contribution is 4.88. The average molecular weight is 255 g/mol. The third-order valence-electron chi connectivity index (χ3n) is 4.70. The quantitative estimate of drug-likeness (QED) is 0.762. The van der Waals surface area contributed by atoms with Crippen molar-refractivity contribution in [2.24, 2.45) is 23.7 Å². The summed E-state index contributed by atoms with van der Waals surface area (Å²) >= 11 is 0. The van der Waals surface area contributed by atoms with E-state index in [2.05, 4.69) is 39.9 Å². The van der Waals surface area contributed by atoms with Crippen LogP contribution in [-0.2, 0) is 0 Å². The molecule has 0 heterocycles. The summed E-state index contributed by atoms with van der Waals surface area (Å²) in [5.74, 6) is 3.01. The molecule has 108 valence electrons. The first-order valence-electron chi connectivity index (χ1n) is 7.82.